The molecule has 0 aliphatic rings. The Morgan fingerprint density at radius 3 is 2.77 bits per heavy atom. The van der Waals surface area contributed by atoms with Gasteiger partial charge in [0.05, 0.1) is 13.2 Å². The minimum absolute atomic E-state index is 0.0208. The van der Waals surface area contributed by atoms with Gasteiger partial charge in [0.1, 0.15) is 11.9 Å². The van der Waals surface area contributed by atoms with Crippen LogP contribution < -0.4 is 15.4 Å². The quantitative estimate of drug-likeness (QED) is 0.339. The van der Waals surface area contributed by atoms with E-state index in [1.807, 2.05) is 25.1 Å². The molecule has 26 heavy (non-hydrogen) atoms. The molecule has 0 fully saturated rings. The van der Waals surface area contributed by atoms with Crippen LogP contribution in [0.5, 0.6) is 5.75 Å². The number of aryl methyl sites for hydroxylation is 1. The highest BCUT2D eigenvalue weighted by molar-refractivity contribution is 5.79. The Hall–Kier alpha value is -1.79. The molecule has 148 valence electrons. The Balaban J connectivity index is 2.35. The average molecular weight is 365 g/mol. The summed E-state index contributed by atoms with van der Waals surface area (Å²) in [7, 11) is 3.85. The van der Waals surface area contributed by atoms with Crippen LogP contribution in [0.3, 0.4) is 0 Å². The fraction of sp³-hybridized carbons (Fsp3) is 0.650. The molecule has 0 aliphatic heterocycles. The number of rotatable bonds is 12. The van der Waals surface area contributed by atoms with Gasteiger partial charge in [-0.25, -0.2) is 4.99 Å². The van der Waals surface area contributed by atoms with Gasteiger partial charge >= 0.3 is 0 Å². The van der Waals surface area contributed by atoms with E-state index in [2.05, 4.69) is 47.5 Å². The average Bonchev–Trinajstić information content (AvgIpc) is 2.61. The molecule has 1 unspecified atom stereocenters. The second-order valence-electron chi connectivity index (χ2n) is 6.54. The van der Waals surface area contributed by atoms with E-state index in [1.54, 1.807) is 7.11 Å². The third kappa shape index (κ3) is 10.3. The van der Waals surface area contributed by atoms with E-state index in [9.17, 15) is 0 Å². The van der Waals surface area contributed by atoms with Crippen molar-refractivity contribution in [1.29, 1.82) is 0 Å². The summed E-state index contributed by atoms with van der Waals surface area (Å²) >= 11 is 0. The molecular formula is C20H36N4O2. The largest absolute Gasteiger partial charge is 0.489 e. The van der Waals surface area contributed by atoms with E-state index in [0.29, 0.717) is 6.54 Å². The first-order valence-corrected chi connectivity index (χ1v) is 9.48. The lowest BCUT2D eigenvalue weighted by atomic mass is 10.2. The number of aliphatic imine (C=N–C) groups is 1. The van der Waals surface area contributed by atoms with E-state index >= 15 is 0 Å². The monoisotopic (exact) mass is 364 g/mol. The van der Waals surface area contributed by atoms with Crippen LogP contribution in [0.4, 0.5) is 0 Å². The van der Waals surface area contributed by atoms with E-state index in [-0.39, 0.29) is 6.10 Å². The van der Waals surface area contributed by atoms with E-state index in [4.69, 9.17) is 9.47 Å². The summed E-state index contributed by atoms with van der Waals surface area (Å²) in [5, 5.41) is 6.67. The molecule has 0 saturated carbocycles. The molecule has 0 amide bonds. The minimum atomic E-state index is 0.0208. The number of nitrogens with zero attached hydrogens (tertiary/aromatic N) is 2. The van der Waals surface area contributed by atoms with Gasteiger partial charge in [-0.05, 0) is 58.5 Å². The van der Waals surface area contributed by atoms with Crippen LogP contribution in [0.2, 0.25) is 0 Å². The smallest absolute Gasteiger partial charge is 0.191 e. The lowest BCUT2D eigenvalue weighted by Gasteiger charge is -2.17. The molecule has 2 N–H and O–H groups in total. The Kier molecular flexibility index (Phi) is 11.5. The molecule has 0 spiro atoms. The van der Waals surface area contributed by atoms with Crippen molar-refractivity contribution in [1.82, 2.24) is 15.5 Å². The molecule has 0 saturated heterocycles. The molecule has 0 radical (unpaired) electrons. The van der Waals surface area contributed by atoms with Gasteiger partial charge < -0.3 is 25.0 Å². The van der Waals surface area contributed by atoms with Crippen LogP contribution in [-0.2, 0) is 4.74 Å². The number of hydrogen-bond donors (Lipinski definition) is 2. The van der Waals surface area contributed by atoms with Gasteiger partial charge in [0, 0.05) is 26.7 Å². The van der Waals surface area contributed by atoms with Crippen LogP contribution in [0.1, 0.15) is 25.8 Å². The van der Waals surface area contributed by atoms with Gasteiger partial charge in [0.25, 0.3) is 0 Å². The predicted molar refractivity (Wildman–Crippen MR) is 109 cm³/mol. The van der Waals surface area contributed by atoms with Crippen molar-refractivity contribution in [3.8, 4) is 5.75 Å². The van der Waals surface area contributed by atoms with Gasteiger partial charge in [-0.3, -0.25) is 0 Å². The van der Waals surface area contributed by atoms with Gasteiger partial charge in [-0.15, -0.1) is 0 Å². The Morgan fingerprint density at radius 2 is 2.08 bits per heavy atom. The number of hydrogen-bond acceptors (Lipinski definition) is 4. The molecule has 1 aromatic rings. The first kappa shape index (κ1) is 22.3. The van der Waals surface area contributed by atoms with Crippen LogP contribution in [0.25, 0.3) is 0 Å². The molecule has 0 heterocycles. The maximum Gasteiger partial charge on any atom is 0.191 e. The fourth-order valence-electron chi connectivity index (χ4n) is 2.43. The summed E-state index contributed by atoms with van der Waals surface area (Å²) in [6.07, 6.45) is 1.08. The van der Waals surface area contributed by atoms with Crippen molar-refractivity contribution in [2.24, 2.45) is 4.99 Å². The highest BCUT2D eigenvalue weighted by Gasteiger charge is 2.05. The zero-order valence-electron chi connectivity index (χ0n) is 17.0. The normalized spacial score (nSPS) is 12.9. The number of methoxy groups -OCH3 is 1. The van der Waals surface area contributed by atoms with Crippen LogP contribution in [-0.4, -0.2) is 70.5 Å². The summed E-state index contributed by atoms with van der Waals surface area (Å²) in [6, 6.07) is 8.10. The fourth-order valence-corrected chi connectivity index (χ4v) is 2.43. The number of likely N-dealkylation sites (N-methyl/N-ethyl adjacent to an activating group) is 1. The first-order valence-electron chi connectivity index (χ1n) is 9.48. The first-order chi connectivity index (χ1) is 12.5. The molecule has 6 heteroatoms. The molecule has 6 nitrogen and oxygen atoms in total. The minimum Gasteiger partial charge on any atom is -0.489 e. The van der Waals surface area contributed by atoms with E-state index in [0.717, 1.165) is 50.9 Å². The summed E-state index contributed by atoms with van der Waals surface area (Å²) in [6.45, 7) is 11.3. The molecule has 1 rings (SSSR count). The van der Waals surface area contributed by atoms with Crippen LogP contribution in [0, 0.1) is 6.92 Å². The summed E-state index contributed by atoms with van der Waals surface area (Å²) in [4.78, 5) is 6.90. The van der Waals surface area contributed by atoms with Crippen LogP contribution in [0.15, 0.2) is 29.3 Å². The summed E-state index contributed by atoms with van der Waals surface area (Å²) in [5.74, 6) is 1.73. The number of nitrogens with one attached hydrogen (secondary N) is 2. The molecule has 0 aliphatic carbocycles. The standard InChI is InChI=1S/C20H36N4O2/c1-6-21-20(22-11-8-12-24(4)13-14-25-5)23-16-18(3)26-19-10-7-9-17(2)15-19/h7,9-10,15,18H,6,8,11-14,16H2,1-5H3,(H2,21,22,23). The highest BCUT2D eigenvalue weighted by atomic mass is 16.5. The number of ether oxygens (including phenoxy) is 2. The molecule has 1 atom stereocenters. The topological polar surface area (TPSA) is 58.1 Å². The predicted octanol–water partition coefficient (Wildman–Crippen LogP) is 2.29. The van der Waals surface area contributed by atoms with E-state index < -0.39 is 0 Å². The molecule has 0 aromatic heterocycles. The second-order valence-corrected chi connectivity index (χ2v) is 6.54. The maximum absolute atomic E-state index is 5.94. The third-order valence-corrected chi connectivity index (χ3v) is 3.86. The maximum atomic E-state index is 5.94. The number of benzene rings is 1. The van der Waals surface area contributed by atoms with Crippen molar-refractivity contribution < 1.29 is 9.47 Å². The molecule has 1 aromatic carbocycles. The van der Waals surface area contributed by atoms with Gasteiger partial charge in [-0.2, -0.15) is 0 Å². The van der Waals surface area contributed by atoms with Crippen molar-refractivity contribution in [2.75, 3.05) is 53.5 Å². The Bertz CT molecular complexity index is 522. The van der Waals surface area contributed by atoms with Gasteiger partial charge in [0.15, 0.2) is 5.96 Å². The van der Waals surface area contributed by atoms with Gasteiger partial charge in [-0.1, -0.05) is 12.1 Å². The zero-order chi connectivity index (χ0) is 19.2. The van der Waals surface area contributed by atoms with E-state index in [1.165, 1.54) is 5.56 Å². The van der Waals surface area contributed by atoms with Crippen molar-refractivity contribution in [3.05, 3.63) is 29.8 Å². The summed E-state index contributed by atoms with van der Waals surface area (Å²) in [5.41, 5.74) is 1.20. The number of guanidine groups is 1. The Morgan fingerprint density at radius 1 is 1.27 bits per heavy atom. The SMILES string of the molecule is CCNC(=NCC(C)Oc1cccc(C)c1)NCCCN(C)CCOC. The lowest BCUT2D eigenvalue weighted by Crippen LogP contribution is -2.39. The second kappa shape index (κ2) is 13.4. The third-order valence-electron chi connectivity index (χ3n) is 3.86. The highest BCUT2D eigenvalue weighted by Crippen LogP contribution is 2.14. The lowest BCUT2D eigenvalue weighted by molar-refractivity contribution is 0.161. The molecular weight excluding hydrogens is 328 g/mol. The van der Waals surface area contributed by atoms with Gasteiger partial charge in [0.2, 0.25) is 0 Å². The zero-order valence-corrected chi connectivity index (χ0v) is 17.0. The van der Waals surface area contributed by atoms with Crippen molar-refractivity contribution in [3.63, 3.8) is 0 Å². The Labute approximate surface area is 159 Å². The van der Waals surface area contributed by atoms with Crippen molar-refractivity contribution in [2.45, 2.75) is 33.3 Å². The molecule has 0 bridgehead atoms. The van der Waals surface area contributed by atoms with Crippen molar-refractivity contribution >= 4 is 5.96 Å². The summed E-state index contributed by atoms with van der Waals surface area (Å²) < 4.78 is 11.0. The van der Waals surface area contributed by atoms with Crippen LogP contribution >= 0.6 is 0 Å².